The molecular formula is C8H10N2O. The molecule has 1 aromatic rings. The zero-order valence-corrected chi connectivity index (χ0v) is 6.61. The lowest BCUT2D eigenvalue weighted by atomic mass is 10.1. The van der Waals surface area contributed by atoms with E-state index in [0.29, 0.717) is 12.2 Å². The van der Waals surface area contributed by atoms with Gasteiger partial charge in [0.2, 0.25) is 0 Å². The fourth-order valence-electron chi connectivity index (χ4n) is 0.767. The SMILES string of the molecule is CC(C)c1ccnc(C=O)n1. The highest BCUT2D eigenvalue weighted by Crippen LogP contribution is 2.08. The van der Waals surface area contributed by atoms with Crippen molar-refractivity contribution in [2.24, 2.45) is 0 Å². The summed E-state index contributed by atoms with van der Waals surface area (Å²) < 4.78 is 0. The summed E-state index contributed by atoms with van der Waals surface area (Å²) in [6, 6.07) is 1.82. The van der Waals surface area contributed by atoms with Crippen LogP contribution in [0.5, 0.6) is 0 Å². The van der Waals surface area contributed by atoms with Gasteiger partial charge >= 0.3 is 0 Å². The summed E-state index contributed by atoms with van der Waals surface area (Å²) in [6.45, 7) is 4.05. The molecule has 0 aliphatic heterocycles. The predicted molar refractivity (Wildman–Crippen MR) is 41.5 cm³/mol. The van der Waals surface area contributed by atoms with Crippen LogP contribution in [0.3, 0.4) is 0 Å². The van der Waals surface area contributed by atoms with Crippen molar-refractivity contribution in [3.05, 3.63) is 23.8 Å². The molecule has 0 spiro atoms. The Morgan fingerprint density at radius 2 is 2.27 bits per heavy atom. The van der Waals surface area contributed by atoms with Crippen molar-refractivity contribution in [2.75, 3.05) is 0 Å². The van der Waals surface area contributed by atoms with Crippen LogP contribution in [-0.4, -0.2) is 16.3 Å². The summed E-state index contributed by atoms with van der Waals surface area (Å²) in [6.07, 6.45) is 2.26. The minimum absolute atomic E-state index is 0.260. The molecule has 0 saturated carbocycles. The normalized spacial score (nSPS) is 10.1. The van der Waals surface area contributed by atoms with E-state index in [1.807, 2.05) is 19.9 Å². The topological polar surface area (TPSA) is 42.9 Å². The van der Waals surface area contributed by atoms with Gasteiger partial charge in [-0.3, -0.25) is 4.79 Å². The van der Waals surface area contributed by atoms with E-state index in [0.717, 1.165) is 5.69 Å². The minimum Gasteiger partial charge on any atom is -0.294 e. The molecule has 3 heteroatoms. The largest absolute Gasteiger partial charge is 0.294 e. The lowest BCUT2D eigenvalue weighted by Gasteiger charge is -2.01. The van der Waals surface area contributed by atoms with Crippen LogP contribution in [0, 0.1) is 0 Å². The van der Waals surface area contributed by atoms with Crippen molar-refractivity contribution in [2.45, 2.75) is 19.8 Å². The monoisotopic (exact) mass is 150 g/mol. The van der Waals surface area contributed by atoms with Crippen LogP contribution in [0.1, 0.15) is 36.1 Å². The third-order valence-electron chi connectivity index (χ3n) is 1.39. The number of rotatable bonds is 2. The maximum atomic E-state index is 10.3. The molecule has 0 unspecified atom stereocenters. The molecule has 0 saturated heterocycles. The van der Waals surface area contributed by atoms with E-state index in [-0.39, 0.29) is 5.82 Å². The van der Waals surface area contributed by atoms with Gasteiger partial charge in [0.05, 0.1) is 0 Å². The van der Waals surface area contributed by atoms with Gasteiger partial charge in [0.1, 0.15) is 0 Å². The lowest BCUT2D eigenvalue weighted by molar-refractivity contribution is 0.111. The zero-order valence-electron chi connectivity index (χ0n) is 6.61. The first kappa shape index (κ1) is 7.85. The van der Waals surface area contributed by atoms with E-state index in [2.05, 4.69) is 9.97 Å². The maximum absolute atomic E-state index is 10.3. The second-order valence-electron chi connectivity index (χ2n) is 2.61. The Morgan fingerprint density at radius 1 is 1.55 bits per heavy atom. The third kappa shape index (κ3) is 1.83. The number of aldehydes is 1. The van der Waals surface area contributed by atoms with Gasteiger partial charge in [-0.25, -0.2) is 9.97 Å². The maximum Gasteiger partial charge on any atom is 0.192 e. The molecule has 58 valence electrons. The molecule has 0 aromatic carbocycles. The number of carbonyl (C=O) groups excluding carboxylic acids is 1. The highest BCUT2D eigenvalue weighted by atomic mass is 16.1. The highest BCUT2D eigenvalue weighted by Gasteiger charge is 2.00. The Labute approximate surface area is 65.5 Å². The van der Waals surface area contributed by atoms with Gasteiger partial charge < -0.3 is 0 Å². The van der Waals surface area contributed by atoms with Gasteiger partial charge in [0, 0.05) is 11.9 Å². The van der Waals surface area contributed by atoms with Gasteiger partial charge in [-0.05, 0) is 12.0 Å². The summed E-state index contributed by atoms with van der Waals surface area (Å²) >= 11 is 0. The lowest BCUT2D eigenvalue weighted by Crippen LogP contribution is -1.98. The Kier molecular flexibility index (Phi) is 2.31. The second-order valence-corrected chi connectivity index (χ2v) is 2.61. The average molecular weight is 150 g/mol. The molecule has 0 aliphatic carbocycles. The molecule has 1 rings (SSSR count). The summed E-state index contributed by atoms with van der Waals surface area (Å²) in [4.78, 5) is 18.0. The first-order valence-corrected chi connectivity index (χ1v) is 3.52. The van der Waals surface area contributed by atoms with Crippen LogP contribution in [0.25, 0.3) is 0 Å². The molecule has 0 fully saturated rings. The molecule has 1 heterocycles. The second kappa shape index (κ2) is 3.23. The Hall–Kier alpha value is -1.25. The highest BCUT2D eigenvalue weighted by molar-refractivity contribution is 5.68. The Balaban J connectivity index is 3.00. The zero-order chi connectivity index (χ0) is 8.27. The van der Waals surface area contributed by atoms with E-state index >= 15 is 0 Å². The molecule has 0 amide bonds. The average Bonchev–Trinajstić information content (AvgIpc) is 2.05. The number of carbonyl (C=O) groups is 1. The minimum atomic E-state index is 0.260. The smallest absolute Gasteiger partial charge is 0.192 e. The van der Waals surface area contributed by atoms with Crippen LogP contribution in [0.4, 0.5) is 0 Å². The van der Waals surface area contributed by atoms with Gasteiger partial charge in [-0.2, -0.15) is 0 Å². The summed E-state index contributed by atoms with van der Waals surface area (Å²) in [5.41, 5.74) is 0.905. The molecule has 0 radical (unpaired) electrons. The molecule has 3 nitrogen and oxygen atoms in total. The molecule has 0 atom stereocenters. The number of hydrogen-bond donors (Lipinski definition) is 0. The van der Waals surface area contributed by atoms with Gasteiger partial charge in [0.15, 0.2) is 12.1 Å². The van der Waals surface area contributed by atoms with Gasteiger partial charge in [0.25, 0.3) is 0 Å². The van der Waals surface area contributed by atoms with Crippen LogP contribution in [-0.2, 0) is 0 Å². The van der Waals surface area contributed by atoms with Crippen molar-refractivity contribution in [3.8, 4) is 0 Å². The van der Waals surface area contributed by atoms with Crippen LogP contribution in [0.2, 0.25) is 0 Å². The molecule has 11 heavy (non-hydrogen) atoms. The summed E-state index contributed by atoms with van der Waals surface area (Å²) in [5.74, 6) is 0.605. The summed E-state index contributed by atoms with van der Waals surface area (Å²) in [7, 11) is 0. The van der Waals surface area contributed by atoms with Crippen LogP contribution >= 0.6 is 0 Å². The van der Waals surface area contributed by atoms with Crippen molar-refractivity contribution in [1.82, 2.24) is 9.97 Å². The van der Waals surface area contributed by atoms with Gasteiger partial charge in [-0.15, -0.1) is 0 Å². The standard InChI is InChI=1S/C8H10N2O/c1-6(2)7-3-4-9-8(5-11)10-7/h3-6H,1-2H3. The molecule has 0 aliphatic rings. The molecule has 1 aromatic heterocycles. The van der Waals surface area contributed by atoms with E-state index < -0.39 is 0 Å². The van der Waals surface area contributed by atoms with E-state index in [1.165, 1.54) is 0 Å². The predicted octanol–water partition coefficient (Wildman–Crippen LogP) is 1.41. The van der Waals surface area contributed by atoms with E-state index in [9.17, 15) is 4.79 Å². The summed E-state index contributed by atoms with van der Waals surface area (Å²) in [5, 5.41) is 0. The Bertz CT molecular complexity index is 258. The third-order valence-corrected chi connectivity index (χ3v) is 1.39. The fourth-order valence-corrected chi connectivity index (χ4v) is 0.767. The van der Waals surface area contributed by atoms with E-state index in [4.69, 9.17) is 0 Å². The number of aromatic nitrogens is 2. The number of nitrogens with zero attached hydrogens (tertiary/aromatic N) is 2. The van der Waals surface area contributed by atoms with Crippen molar-refractivity contribution in [1.29, 1.82) is 0 Å². The number of hydrogen-bond acceptors (Lipinski definition) is 3. The van der Waals surface area contributed by atoms with Gasteiger partial charge in [-0.1, -0.05) is 13.8 Å². The molecular weight excluding hydrogens is 140 g/mol. The quantitative estimate of drug-likeness (QED) is 0.598. The Morgan fingerprint density at radius 3 is 2.82 bits per heavy atom. The first-order valence-electron chi connectivity index (χ1n) is 3.52. The van der Waals surface area contributed by atoms with Crippen molar-refractivity contribution >= 4 is 6.29 Å². The fraction of sp³-hybridized carbons (Fsp3) is 0.375. The molecule has 0 bridgehead atoms. The van der Waals surface area contributed by atoms with E-state index in [1.54, 1.807) is 6.20 Å². The first-order chi connectivity index (χ1) is 5.24. The van der Waals surface area contributed by atoms with Crippen molar-refractivity contribution < 1.29 is 4.79 Å². The van der Waals surface area contributed by atoms with Crippen LogP contribution in [0.15, 0.2) is 12.3 Å². The van der Waals surface area contributed by atoms with Crippen LogP contribution < -0.4 is 0 Å². The van der Waals surface area contributed by atoms with Crippen molar-refractivity contribution in [3.63, 3.8) is 0 Å². The molecule has 0 N–H and O–H groups in total.